The number of nitrogens with zero attached hydrogens (tertiary/aromatic N) is 1. The highest BCUT2D eigenvalue weighted by atomic mass is 79.9. The molecule has 82 valence electrons. The number of pyridine rings is 1. The van der Waals surface area contributed by atoms with Gasteiger partial charge in [-0.25, -0.2) is 0 Å². The summed E-state index contributed by atoms with van der Waals surface area (Å²) in [7, 11) is 0. The summed E-state index contributed by atoms with van der Waals surface area (Å²) in [6.45, 7) is 0.593. The largest absolute Gasteiger partial charge is 0.490 e. The first-order chi connectivity index (χ1) is 7.20. The predicted octanol–water partition coefficient (Wildman–Crippen LogP) is 2.49. The van der Waals surface area contributed by atoms with Crippen LogP contribution in [0.2, 0.25) is 0 Å². The van der Waals surface area contributed by atoms with Gasteiger partial charge in [-0.2, -0.15) is 0 Å². The van der Waals surface area contributed by atoms with Gasteiger partial charge in [-0.1, -0.05) is 12.8 Å². The predicted molar refractivity (Wildman–Crippen MR) is 62.8 cm³/mol. The van der Waals surface area contributed by atoms with E-state index in [1.165, 1.54) is 12.8 Å². The molecule has 15 heavy (non-hydrogen) atoms. The molecule has 0 amide bonds. The molecule has 1 heterocycles. The molecule has 1 fully saturated rings. The van der Waals surface area contributed by atoms with Gasteiger partial charge in [0.2, 0.25) is 0 Å². The van der Waals surface area contributed by atoms with E-state index < -0.39 is 0 Å². The lowest BCUT2D eigenvalue weighted by atomic mass is 10.0. The average molecular weight is 271 g/mol. The van der Waals surface area contributed by atoms with Gasteiger partial charge in [0.15, 0.2) is 0 Å². The number of nitrogens with two attached hydrogens (primary N) is 1. The highest BCUT2D eigenvalue weighted by Crippen LogP contribution is 2.29. The lowest BCUT2D eigenvalue weighted by Crippen LogP contribution is -2.42. The van der Waals surface area contributed by atoms with Crippen molar-refractivity contribution in [3.05, 3.63) is 22.9 Å². The van der Waals surface area contributed by atoms with Crippen molar-refractivity contribution < 1.29 is 4.74 Å². The Morgan fingerprint density at radius 1 is 1.47 bits per heavy atom. The summed E-state index contributed by atoms with van der Waals surface area (Å²) in [6.07, 6.45) is 8.02. The third kappa shape index (κ3) is 2.69. The van der Waals surface area contributed by atoms with Gasteiger partial charge < -0.3 is 10.5 Å². The number of rotatable bonds is 3. The quantitative estimate of drug-likeness (QED) is 0.918. The Labute approximate surface area is 98.2 Å². The van der Waals surface area contributed by atoms with Crippen LogP contribution in [-0.4, -0.2) is 17.1 Å². The Bertz CT molecular complexity index is 337. The zero-order chi connectivity index (χ0) is 10.7. The third-order valence-electron chi connectivity index (χ3n) is 2.85. The van der Waals surface area contributed by atoms with Crippen LogP contribution in [0.5, 0.6) is 5.75 Å². The molecule has 2 N–H and O–H groups in total. The zero-order valence-corrected chi connectivity index (χ0v) is 10.2. The molecule has 0 spiro atoms. The van der Waals surface area contributed by atoms with Gasteiger partial charge in [0.1, 0.15) is 12.4 Å². The Balaban J connectivity index is 1.95. The van der Waals surface area contributed by atoms with Crippen molar-refractivity contribution in [3.63, 3.8) is 0 Å². The normalized spacial score (nSPS) is 19.1. The van der Waals surface area contributed by atoms with Gasteiger partial charge >= 0.3 is 0 Å². The molecule has 0 aromatic carbocycles. The maximum Gasteiger partial charge on any atom is 0.136 e. The van der Waals surface area contributed by atoms with Gasteiger partial charge in [0.25, 0.3) is 0 Å². The van der Waals surface area contributed by atoms with E-state index in [1.54, 1.807) is 12.4 Å². The fourth-order valence-electron chi connectivity index (χ4n) is 1.92. The molecular weight excluding hydrogens is 256 g/mol. The van der Waals surface area contributed by atoms with E-state index in [1.807, 2.05) is 6.07 Å². The Hall–Kier alpha value is -0.610. The van der Waals surface area contributed by atoms with Crippen molar-refractivity contribution >= 4 is 15.9 Å². The van der Waals surface area contributed by atoms with Crippen molar-refractivity contribution in [2.75, 3.05) is 6.61 Å². The summed E-state index contributed by atoms with van der Waals surface area (Å²) < 4.78 is 6.59. The van der Waals surface area contributed by atoms with E-state index in [4.69, 9.17) is 10.5 Å². The number of halogens is 1. The summed E-state index contributed by atoms with van der Waals surface area (Å²) >= 11 is 3.40. The number of ether oxygens (including phenoxy) is 1. The molecule has 1 aliphatic carbocycles. The summed E-state index contributed by atoms with van der Waals surface area (Å²) in [5.74, 6) is 0.821. The molecule has 3 nitrogen and oxygen atoms in total. The molecule has 0 radical (unpaired) electrons. The minimum absolute atomic E-state index is 0.122. The molecule has 4 heteroatoms. The zero-order valence-electron chi connectivity index (χ0n) is 8.58. The van der Waals surface area contributed by atoms with E-state index in [-0.39, 0.29) is 5.54 Å². The van der Waals surface area contributed by atoms with Crippen molar-refractivity contribution in [1.82, 2.24) is 4.98 Å². The number of hydrogen-bond acceptors (Lipinski definition) is 3. The van der Waals surface area contributed by atoms with Gasteiger partial charge in [0.05, 0.1) is 10.0 Å². The topological polar surface area (TPSA) is 48.1 Å². The monoisotopic (exact) mass is 270 g/mol. The van der Waals surface area contributed by atoms with Crippen LogP contribution in [0.15, 0.2) is 22.9 Å². The summed E-state index contributed by atoms with van der Waals surface area (Å²) in [4.78, 5) is 3.98. The minimum atomic E-state index is -0.122. The van der Waals surface area contributed by atoms with Gasteiger partial charge in [-0.15, -0.1) is 0 Å². The van der Waals surface area contributed by atoms with Gasteiger partial charge in [0, 0.05) is 12.4 Å². The molecule has 1 saturated carbocycles. The molecule has 0 bridgehead atoms. The third-order valence-corrected chi connectivity index (χ3v) is 3.45. The standard InChI is InChI=1S/C11H15BrN2O/c12-9-7-14-6-3-10(9)15-8-11(13)4-1-2-5-11/h3,6-7H,1-2,4-5,8,13H2. The first kappa shape index (κ1) is 10.9. The Morgan fingerprint density at radius 3 is 2.87 bits per heavy atom. The molecule has 0 unspecified atom stereocenters. The summed E-state index contributed by atoms with van der Waals surface area (Å²) in [5, 5.41) is 0. The SMILES string of the molecule is NC1(COc2ccncc2Br)CCCC1. The van der Waals surface area contributed by atoms with Crippen LogP contribution < -0.4 is 10.5 Å². The Morgan fingerprint density at radius 2 is 2.20 bits per heavy atom. The van der Waals surface area contributed by atoms with Crippen molar-refractivity contribution in [1.29, 1.82) is 0 Å². The molecule has 0 atom stereocenters. The maximum absolute atomic E-state index is 6.20. The molecule has 1 aromatic rings. The van der Waals surface area contributed by atoms with Crippen LogP contribution in [-0.2, 0) is 0 Å². The van der Waals surface area contributed by atoms with Crippen molar-refractivity contribution in [2.24, 2.45) is 5.73 Å². The lowest BCUT2D eigenvalue weighted by molar-refractivity contribution is 0.219. The fraction of sp³-hybridized carbons (Fsp3) is 0.545. The molecule has 1 aliphatic rings. The summed E-state index contributed by atoms with van der Waals surface area (Å²) in [5.41, 5.74) is 6.08. The first-order valence-electron chi connectivity index (χ1n) is 5.21. The second-order valence-electron chi connectivity index (χ2n) is 4.16. The van der Waals surface area contributed by atoms with E-state index in [0.717, 1.165) is 23.1 Å². The van der Waals surface area contributed by atoms with Crippen LogP contribution in [0.1, 0.15) is 25.7 Å². The van der Waals surface area contributed by atoms with Crippen molar-refractivity contribution in [2.45, 2.75) is 31.2 Å². The van der Waals surface area contributed by atoms with E-state index in [2.05, 4.69) is 20.9 Å². The summed E-state index contributed by atoms with van der Waals surface area (Å²) in [6, 6.07) is 1.85. The number of hydrogen-bond donors (Lipinski definition) is 1. The average Bonchev–Trinajstić information content (AvgIpc) is 2.65. The second-order valence-corrected chi connectivity index (χ2v) is 5.02. The number of aromatic nitrogens is 1. The van der Waals surface area contributed by atoms with Crippen LogP contribution in [0.4, 0.5) is 0 Å². The highest BCUT2D eigenvalue weighted by Gasteiger charge is 2.30. The van der Waals surface area contributed by atoms with E-state index >= 15 is 0 Å². The highest BCUT2D eigenvalue weighted by molar-refractivity contribution is 9.10. The van der Waals surface area contributed by atoms with Crippen LogP contribution in [0, 0.1) is 0 Å². The van der Waals surface area contributed by atoms with E-state index in [0.29, 0.717) is 6.61 Å². The van der Waals surface area contributed by atoms with Crippen molar-refractivity contribution in [3.8, 4) is 5.75 Å². The minimum Gasteiger partial charge on any atom is -0.490 e. The molecule has 1 aromatic heterocycles. The van der Waals surface area contributed by atoms with Crippen LogP contribution in [0.25, 0.3) is 0 Å². The molecule has 0 saturated heterocycles. The van der Waals surface area contributed by atoms with Crippen LogP contribution >= 0.6 is 15.9 Å². The second kappa shape index (κ2) is 4.49. The Kier molecular flexibility index (Phi) is 3.26. The van der Waals surface area contributed by atoms with Crippen LogP contribution in [0.3, 0.4) is 0 Å². The maximum atomic E-state index is 6.20. The smallest absolute Gasteiger partial charge is 0.136 e. The molecule has 0 aliphatic heterocycles. The van der Waals surface area contributed by atoms with Gasteiger partial charge in [-0.05, 0) is 34.8 Å². The first-order valence-corrected chi connectivity index (χ1v) is 6.00. The molecular formula is C11H15BrN2O. The van der Waals surface area contributed by atoms with E-state index in [9.17, 15) is 0 Å². The lowest BCUT2D eigenvalue weighted by Gasteiger charge is -2.23. The molecule has 2 rings (SSSR count). The van der Waals surface area contributed by atoms with Gasteiger partial charge in [-0.3, -0.25) is 4.98 Å². The fourth-order valence-corrected chi connectivity index (χ4v) is 2.29.